The molecule has 1 fully saturated rings. The molecule has 8 heteroatoms. The molecule has 3 heterocycles. The molecule has 1 atom stereocenters. The maximum atomic E-state index is 4.95. The topological polar surface area (TPSA) is 58.3 Å². The lowest BCUT2D eigenvalue weighted by molar-refractivity contribution is 0.381. The standard InChI is InChI=1S/C20H30N6S.HI/c1-5-21-20(25-11-12-27-18(14-25)15(2)3)24-13-17-7-6-8-23-19(17)26-10-9-22-16(26)4;/h6-10,15,18H,5,11-14H2,1-4H3,(H,21,24);1H. The third-order valence-corrected chi connectivity index (χ3v) is 6.33. The highest BCUT2D eigenvalue weighted by Gasteiger charge is 2.24. The zero-order valence-electron chi connectivity index (χ0n) is 17.1. The summed E-state index contributed by atoms with van der Waals surface area (Å²) in [6.07, 6.45) is 5.58. The number of halogens is 1. The number of nitrogens with one attached hydrogen (secondary N) is 1. The lowest BCUT2D eigenvalue weighted by Crippen LogP contribution is -2.49. The largest absolute Gasteiger partial charge is 0.357 e. The number of rotatable bonds is 5. The average molecular weight is 514 g/mol. The number of pyridine rings is 1. The normalized spacial score (nSPS) is 17.5. The molecule has 3 rings (SSSR count). The van der Waals surface area contributed by atoms with Gasteiger partial charge in [0, 0.05) is 54.8 Å². The summed E-state index contributed by atoms with van der Waals surface area (Å²) in [4.78, 5) is 16.2. The van der Waals surface area contributed by atoms with Crippen LogP contribution in [0.15, 0.2) is 35.7 Å². The van der Waals surface area contributed by atoms with E-state index in [9.17, 15) is 0 Å². The number of aromatic nitrogens is 3. The molecule has 0 aromatic carbocycles. The number of nitrogens with zero attached hydrogens (tertiary/aromatic N) is 5. The monoisotopic (exact) mass is 514 g/mol. The van der Waals surface area contributed by atoms with Crippen molar-refractivity contribution < 1.29 is 0 Å². The van der Waals surface area contributed by atoms with Crippen molar-refractivity contribution in [1.82, 2.24) is 24.8 Å². The molecule has 0 saturated carbocycles. The fraction of sp³-hybridized carbons (Fsp3) is 0.550. The van der Waals surface area contributed by atoms with Crippen LogP contribution in [-0.2, 0) is 6.54 Å². The third kappa shape index (κ3) is 5.62. The molecular formula is C20H31IN6S. The van der Waals surface area contributed by atoms with Gasteiger partial charge in [-0.15, -0.1) is 24.0 Å². The second-order valence-electron chi connectivity index (χ2n) is 7.10. The highest BCUT2D eigenvalue weighted by atomic mass is 127. The molecule has 1 saturated heterocycles. The Bertz CT molecular complexity index is 776. The summed E-state index contributed by atoms with van der Waals surface area (Å²) in [6.45, 7) is 12.3. The molecule has 28 heavy (non-hydrogen) atoms. The number of aliphatic imine (C=N–C) groups is 1. The number of aryl methyl sites for hydroxylation is 1. The molecule has 0 amide bonds. The summed E-state index contributed by atoms with van der Waals surface area (Å²) in [5, 5.41) is 4.13. The van der Waals surface area contributed by atoms with Crippen LogP contribution in [0.1, 0.15) is 32.2 Å². The SMILES string of the molecule is CCNC(=NCc1cccnc1-n1ccnc1C)N1CCSC(C(C)C)C1.I. The summed E-state index contributed by atoms with van der Waals surface area (Å²) in [6, 6.07) is 4.07. The van der Waals surface area contributed by atoms with E-state index in [1.165, 1.54) is 0 Å². The number of hydrogen-bond acceptors (Lipinski definition) is 4. The molecule has 0 bridgehead atoms. The van der Waals surface area contributed by atoms with Crippen molar-refractivity contribution in [3.63, 3.8) is 0 Å². The molecular weight excluding hydrogens is 483 g/mol. The minimum atomic E-state index is 0. The Morgan fingerprint density at radius 1 is 1.36 bits per heavy atom. The number of guanidine groups is 1. The first kappa shape index (κ1) is 23.0. The minimum Gasteiger partial charge on any atom is -0.357 e. The van der Waals surface area contributed by atoms with Crippen LogP contribution in [0.25, 0.3) is 5.82 Å². The Morgan fingerprint density at radius 2 is 2.18 bits per heavy atom. The first-order valence-corrected chi connectivity index (χ1v) is 10.7. The van der Waals surface area contributed by atoms with Crippen LogP contribution in [0.2, 0.25) is 0 Å². The van der Waals surface area contributed by atoms with Crippen LogP contribution in [0.3, 0.4) is 0 Å². The lowest BCUT2D eigenvalue weighted by Gasteiger charge is -2.36. The Balaban J connectivity index is 0.00000280. The molecule has 2 aromatic heterocycles. The van der Waals surface area contributed by atoms with Crippen LogP contribution in [0.4, 0.5) is 0 Å². The summed E-state index contributed by atoms with van der Waals surface area (Å²) < 4.78 is 2.02. The first-order valence-electron chi connectivity index (χ1n) is 9.69. The molecule has 2 aromatic rings. The van der Waals surface area contributed by atoms with Gasteiger partial charge in [0.05, 0.1) is 6.54 Å². The van der Waals surface area contributed by atoms with E-state index in [1.54, 1.807) is 6.20 Å². The van der Waals surface area contributed by atoms with Gasteiger partial charge in [0.1, 0.15) is 11.6 Å². The predicted molar refractivity (Wildman–Crippen MR) is 129 cm³/mol. The maximum Gasteiger partial charge on any atom is 0.194 e. The van der Waals surface area contributed by atoms with Crippen LogP contribution in [0.5, 0.6) is 0 Å². The van der Waals surface area contributed by atoms with Gasteiger partial charge < -0.3 is 10.2 Å². The van der Waals surface area contributed by atoms with E-state index < -0.39 is 0 Å². The summed E-state index contributed by atoms with van der Waals surface area (Å²) in [5.74, 6) is 4.66. The number of thioether (sulfide) groups is 1. The smallest absolute Gasteiger partial charge is 0.194 e. The number of hydrogen-bond donors (Lipinski definition) is 1. The van der Waals surface area contributed by atoms with Crippen molar-refractivity contribution in [2.75, 3.05) is 25.4 Å². The van der Waals surface area contributed by atoms with Crippen molar-refractivity contribution in [1.29, 1.82) is 0 Å². The molecule has 1 aliphatic heterocycles. The molecule has 1 unspecified atom stereocenters. The van der Waals surface area contributed by atoms with Crippen LogP contribution >= 0.6 is 35.7 Å². The van der Waals surface area contributed by atoms with Crippen molar-refractivity contribution in [2.45, 2.75) is 39.5 Å². The fourth-order valence-electron chi connectivity index (χ4n) is 3.23. The molecule has 6 nitrogen and oxygen atoms in total. The minimum absolute atomic E-state index is 0. The Morgan fingerprint density at radius 3 is 2.86 bits per heavy atom. The highest BCUT2D eigenvalue weighted by Crippen LogP contribution is 2.25. The zero-order chi connectivity index (χ0) is 19.2. The molecule has 1 aliphatic rings. The van der Waals surface area contributed by atoms with Gasteiger partial charge in [-0.3, -0.25) is 4.57 Å². The summed E-state index contributed by atoms with van der Waals surface area (Å²) in [5.41, 5.74) is 1.10. The van der Waals surface area contributed by atoms with Crippen molar-refractivity contribution in [3.8, 4) is 5.82 Å². The van der Waals surface area contributed by atoms with E-state index >= 15 is 0 Å². The highest BCUT2D eigenvalue weighted by molar-refractivity contribution is 14.0. The van der Waals surface area contributed by atoms with E-state index in [0.717, 1.165) is 48.6 Å². The van der Waals surface area contributed by atoms with Gasteiger partial charge in [0.15, 0.2) is 5.96 Å². The van der Waals surface area contributed by atoms with E-state index in [2.05, 4.69) is 58.8 Å². The van der Waals surface area contributed by atoms with Crippen LogP contribution in [-0.4, -0.2) is 56.0 Å². The Hall–Kier alpha value is -1.29. The first-order chi connectivity index (χ1) is 13.1. The second-order valence-corrected chi connectivity index (χ2v) is 8.45. The fourth-order valence-corrected chi connectivity index (χ4v) is 4.53. The summed E-state index contributed by atoms with van der Waals surface area (Å²) >= 11 is 2.08. The van der Waals surface area contributed by atoms with Crippen molar-refractivity contribution in [3.05, 3.63) is 42.1 Å². The van der Waals surface area contributed by atoms with Gasteiger partial charge in [-0.25, -0.2) is 15.0 Å². The molecule has 0 aliphatic carbocycles. The lowest BCUT2D eigenvalue weighted by atomic mass is 10.1. The van der Waals surface area contributed by atoms with E-state index in [0.29, 0.717) is 17.7 Å². The number of imidazole rings is 1. The summed E-state index contributed by atoms with van der Waals surface area (Å²) in [7, 11) is 0. The zero-order valence-corrected chi connectivity index (χ0v) is 20.3. The van der Waals surface area contributed by atoms with E-state index in [-0.39, 0.29) is 24.0 Å². The predicted octanol–water partition coefficient (Wildman–Crippen LogP) is 3.73. The van der Waals surface area contributed by atoms with Crippen molar-refractivity contribution in [2.24, 2.45) is 10.9 Å². The van der Waals surface area contributed by atoms with Crippen LogP contribution < -0.4 is 5.32 Å². The maximum absolute atomic E-state index is 4.95. The van der Waals surface area contributed by atoms with Gasteiger partial charge in [-0.2, -0.15) is 11.8 Å². The third-order valence-electron chi connectivity index (χ3n) is 4.79. The van der Waals surface area contributed by atoms with Gasteiger partial charge in [-0.1, -0.05) is 19.9 Å². The molecule has 1 N–H and O–H groups in total. The average Bonchev–Trinajstić information content (AvgIpc) is 3.11. The Kier molecular flexibility index (Phi) is 9.07. The Labute approximate surface area is 189 Å². The van der Waals surface area contributed by atoms with Crippen molar-refractivity contribution >= 4 is 41.7 Å². The van der Waals surface area contributed by atoms with Gasteiger partial charge >= 0.3 is 0 Å². The quantitative estimate of drug-likeness (QED) is 0.375. The van der Waals surface area contributed by atoms with Crippen LogP contribution in [0, 0.1) is 12.8 Å². The van der Waals surface area contributed by atoms with Gasteiger partial charge in [0.2, 0.25) is 0 Å². The molecule has 154 valence electrons. The van der Waals surface area contributed by atoms with Gasteiger partial charge in [0.25, 0.3) is 0 Å². The van der Waals surface area contributed by atoms with Gasteiger partial charge in [-0.05, 0) is 25.8 Å². The second kappa shape index (κ2) is 11.0. The molecule has 0 radical (unpaired) electrons. The van der Waals surface area contributed by atoms with E-state index in [1.807, 2.05) is 30.0 Å². The molecule has 0 spiro atoms. The van der Waals surface area contributed by atoms with E-state index in [4.69, 9.17) is 4.99 Å².